The second kappa shape index (κ2) is 6.76. The van der Waals surface area contributed by atoms with E-state index in [1.54, 1.807) is 13.3 Å². The van der Waals surface area contributed by atoms with Crippen molar-refractivity contribution in [2.75, 3.05) is 20.3 Å². The van der Waals surface area contributed by atoms with Crippen LogP contribution in [0.3, 0.4) is 0 Å². The molecule has 6 heteroatoms. The molecule has 0 saturated carbocycles. The van der Waals surface area contributed by atoms with E-state index < -0.39 is 0 Å². The van der Waals surface area contributed by atoms with Gasteiger partial charge in [0.2, 0.25) is 0 Å². The predicted octanol–water partition coefficient (Wildman–Crippen LogP) is 1.41. The molecule has 1 fully saturated rings. The summed E-state index contributed by atoms with van der Waals surface area (Å²) in [5.74, 6) is 5.75. The highest BCUT2D eigenvalue weighted by Gasteiger charge is 2.40. The Bertz CT molecular complexity index is 411. The lowest BCUT2D eigenvalue weighted by atomic mass is 9.83. The predicted molar refractivity (Wildman–Crippen MR) is 76.5 cm³/mol. The van der Waals surface area contributed by atoms with E-state index in [0.717, 1.165) is 29.3 Å². The van der Waals surface area contributed by atoms with Gasteiger partial charge in [0.1, 0.15) is 0 Å². The van der Waals surface area contributed by atoms with Gasteiger partial charge < -0.3 is 9.47 Å². The maximum atomic E-state index is 5.78. The lowest BCUT2D eigenvalue weighted by molar-refractivity contribution is -0.110. The van der Waals surface area contributed by atoms with Crippen LogP contribution < -0.4 is 11.3 Å². The van der Waals surface area contributed by atoms with Crippen molar-refractivity contribution >= 4 is 15.9 Å². The van der Waals surface area contributed by atoms with E-state index in [1.807, 2.05) is 6.20 Å². The van der Waals surface area contributed by atoms with Crippen LogP contribution in [0.25, 0.3) is 0 Å². The first-order chi connectivity index (χ1) is 9.20. The van der Waals surface area contributed by atoms with Crippen molar-refractivity contribution in [1.29, 1.82) is 0 Å². The van der Waals surface area contributed by atoms with Crippen molar-refractivity contribution in [3.05, 3.63) is 28.5 Å². The largest absolute Gasteiger partial charge is 0.381 e. The van der Waals surface area contributed by atoms with E-state index in [9.17, 15) is 0 Å². The zero-order valence-corrected chi connectivity index (χ0v) is 12.6. The number of hydrazine groups is 1. The summed E-state index contributed by atoms with van der Waals surface area (Å²) in [5.41, 5.74) is 3.76. The van der Waals surface area contributed by atoms with Crippen molar-refractivity contribution in [1.82, 2.24) is 10.4 Å². The fourth-order valence-corrected chi connectivity index (χ4v) is 3.02. The third-order valence-corrected chi connectivity index (χ3v) is 4.22. The van der Waals surface area contributed by atoms with Gasteiger partial charge in [-0.2, -0.15) is 0 Å². The number of nitrogens with zero attached hydrogens (tertiary/aromatic N) is 1. The van der Waals surface area contributed by atoms with Crippen molar-refractivity contribution in [2.24, 2.45) is 5.84 Å². The minimum atomic E-state index is -0.269. The Morgan fingerprint density at radius 3 is 2.84 bits per heavy atom. The zero-order valence-electron chi connectivity index (χ0n) is 11.1. The van der Waals surface area contributed by atoms with Crippen LogP contribution in [-0.2, 0) is 15.9 Å². The fourth-order valence-electron chi connectivity index (χ4n) is 2.61. The Morgan fingerprint density at radius 1 is 1.53 bits per heavy atom. The quantitative estimate of drug-likeness (QED) is 0.631. The number of aromatic nitrogens is 1. The molecule has 3 N–H and O–H groups in total. The van der Waals surface area contributed by atoms with E-state index >= 15 is 0 Å². The first-order valence-electron chi connectivity index (χ1n) is 6.38. The van der Waals surface area contributed by atoms with Crippen LogP contribution in [0.2, 0.25) is 0 Å². The van der Waals surface area contributed by atoms with Gasteiger partial charge in [0.25, 0.3) is 0 Å². The van der Waals surface area contributed by atoms with Gasteiger partial charge in [-0.15, -0.1) is 0 Å². The normalized spacial score (nSPS) is 20.2. The molecule has 0 aliphatic carbocycles. The summed E-state index contributed by atoms with van der Waals surface area (Å²) >= 11 is 3.44. The Labute approximate surface area is 122 Å². The Balaban J connectivity index is 2.14. The number of rotatable bonds is 5. The highest BCUT2D eigenvalue weighted by atomic mass is 79.9. The lowest BCUT2D eigenvalue weighted by Crippen LogP contribution is -2.58. The average molecular weight is 330 g/mol. The van der Waals surface area contributed by atoms with Gasteiger partial charge in [-0.3, -0.25) is 16.3 Å². The second-order valence-electron chi connectivity index (χ2n) is 4.82. The number of halogens is 1. The van der Waals surface area contributed by atoms with Crippen LogP contribution in [0.4, 0.5) is 0 Å². The van der Waals surface area contributed by atoms with Gasteiger partial charge in [0.05, 0.1) is 11.6 Å². The number of pyridine rings is 1. The fraction of sp³-hybridized carbons (Fsp3) is 0.615. The Kier molecular flexibility index (Phi) is 5.29. The molecule has 1 saturated heterocycles. The number of hydrogen-bond donors (Lipinski definition) is 2. The summed E-state index contributed by atoms with van der Waals surface area (Å²) in [7, 11) is 1.74. The molecule has 2 heterocycles. The second-order valence-corrected chi connectivity index (χ2v) is 5.73. The molecule has 0 amide bonds. The molecule has 19 heavy (non-hydrogen) atoms. The lowest BCUT2D eigenvalue weighted by Gasteiger charge is -2.42. The monoisotopic (exact) mass is 329 g/mol. The van der Waals surface area contributed by atoms with Crippen molar-refractivity contribution in [2.45, 2.75) is 30.9 Å². The SMILES string of the molecule is COC1(C(Cc2cncc(Br)c2)NN)CCOCC1. The van der Waals surface area contributed by atoms with Crippen LogP contribution in [0.15, 0.2) is 22.9 Å². The number of ether oxygens (including phenoxy) is 2. The summed E-state index contributed by atoms with van der Waals surface area (Å²) in [6, 6.07) is 2.09. The first kappa shape index (κ1) is 14.9. The zero-order chi connectivity index (χ0) is 13.7. The van der Waals surface area contributed by atoms with Gasteiger partial charge in [-0.25, -0.2) is 0 Å². The number of nitrogens with one attached hydrogen (secondary N) is 1. The maximum Gasteiger partial charge on any atom is 0.0891 e. The molecule has 1 aromatic heterocycles. The van der Waals surface area contributed by atoms with Gasteiger partial charge in [-0.05, 0) is 34.0 Å². The maximum absolute atomic E-state index is 5.78. The molecule has 1 aliphatic rings. The average Bonchev–Trinajstić information content (AvgIpc) is 2.45. The van der Waals surface area contributed by atoms with Gasteiger partial charge in [-0.1, -0.05) is 0 Å². The molecular formula is C13H20BrN3O2. The summed E-state index contributed by atoms with van der Waals surface area (Å²) in [6.45, 7) is 1.42. The summed E-state index contributed by atoms with van der Waals surface area (Å²) in [6.07, 6.45) is 6.10. The van der Waals surface area contributed by atoms with Gasteiger partial charge in [0, 0.05) is 50.0 Å². The van der Waals surface area contributed by atoms with Crippen molar-refractivity contribution in [3.8, 4) is 0 Å². The third-order valence-electron chi connectivity index (χ3n) is 3.78. The van der Waals surface area contributed by atoms with E-state index in [0.29, 0.717) is 13.2 Å². The summed E-state index contributed by atoms with van der Waals surface area (Å²) in [4.78, 5) is 4.18. The molecule has 0 radical (unpaired) electrons. The number of nitrogens with two attached hydrogens (primary N) is 1. The Morgan fingerprint density at radius 2 is 2.26 bits per heavy atom. The molecule has 1 aromatic rings. The third kappa shape index (κ3) is 3.52. The molecule has 106 valence electrons. The van der Waals surface area contributed by atoms with E-state index in [-0.39, 0.29) is 11.6 Å². The molecule has 0 aromatic carbocycles. The van der Waals surface area contributed by atoms with Crippen molar-refractivity contribution < 1.29 is 9.47 Å². The number of methoxy groups -OCH3 is 1. The minimum absolute atomic E-state index is 0.0394. The van der Waals surface area contributed by atoms with Gasteiger partial charge in [0.15, 0.2) is 0 Å². The Hall–Kier alpha value is -0.530. The standard InChI is InChI=1S/C13H20BrN3O2/c1-18-13(2-4-19-5-3-13)12(17-15)7-10-6-11(14)9-16-8-10/h6,8-9,12,17H,2-5,7,15H2,1H3. The van der Waals surface area contributed by atoms with E-state index in [1.165, 1.54) is 0 Å². The van der Waals surface area contributed by atoms with Crippen LogP contribution in [0.1, 0.15) is 18.4 Å². The van der Waals surface area contributed by atoms with Crippen molar-refractivity contribution in [3.63, 3.8) is 0 Å². The van der Waals surface area contributed by atoms with Gasteiger partial charge >= 0.3 is 0 Å². The van der Waals surface area contributed by atoms with Crippen LogP contribution >= 0.6 is 15.9 Å². The van der Waals surface area contributed by atoms with Crippen LogP contribution in [0.5, 0.6) is 0 Å². The molecule has 1 unspecified atom stereocenters. The molecule has 0 spiro atoms. The molecule has 0 bridgehead atoms. The molecule has 1 atom stereocenters. The molecule has 5 nitrogen and oxygen atoms in total. The summed E-state index contributed by atoms with van der Waals surface area (Å²) < 4.78 is 12.2. The topological polar surface area (TPSA) is 69.4 Å². The molecule has 2 rings (SSSR count). The highest BCUT2D eigenvalue weighted by Crippen LogP contribution is 2.30. The molecular weight excluding hydrogens is 310 g/mol. The first-order valence-corrected chi connectivity index (χ1v) is 7.18. The highest BCUT2D eigenvalue weighted by molar-refractivity contribution is 9.10. The van der Waals surface area contributed by atoms with E-state index in [2.05, 4.69) is 32.4 Å². The summed E-state index contributed by atoms with van der Waals surface area (Å²) in [5, 5.41) is 0. The van der Waals surface area contributed by atoms with Crippen LogP contribution in [0, 0.1) is 0 Å². The van der Waals surface area contributed by atoms with E-state index in [4.69, 9.17) is 15.3 Å². The number of hydrogen-bond acceptors (Lipinski definition) is 5. The minimum Gasteiger partial charge on any atom is -0.381 e. The van der Waals surface area contributed by atoms with Crippen LogP contribution in [-0.4, -0.2) is 37.0 Å². The smallest absolute Gasteiger partial charge is 0.0891 e. The molecule has 1 aliphatic heterocycles.